The fraction of sp³-hybridized carbons (Fsp3) is 0.100. The van der Waals surface area contributed by atoms with Crippen LogP contribution in [0.2, 0.25) is 0 Å². The third-order valence-corrected chi connectivity index (χ3v) is 2.80. The van der Waals surface area contributed by atoms with Crippen molar-refractivity contribution >= 4 is 28.3 Å². The lowest BCUT2D eigenvalue weighted by atomic mass is 10.1. The van der Waals surface area contributed by atoms with Crippen LogP contribution in [-0.4, -0.2) is 19.8 Å². The van der Waals surface area contributed by atoms with Crippen molar-refractivity contribution in [3.8, 4) is 5.69 Å². The highest BCUT2D eigenvalue weighted by Gasteiger charge is 2.12. The van der Waals surface area contributed by atoms with Crippen molar-refractivity contribution in [2.24, 2.45) is 0 Å². The number of aromatic nitrogens is 2. The van der Waals surface area contributed by atoms with Gasteiger partial charge in [0, 0.05) is 23.9 Å². The van der Waals surface area contributed by atoms with Crippen LogP contribution in [0.15, 0.2) is 30.6 Å². The first kappa shape index (κ1) is 12.0. The molecule has 1 aromatic heterocycles. The molecule has 0 aliphatic heterocycles. The molecule has 0 amide bonds. The van der Waals surface area contributed by atoms with Crippen LogP contribution in [0.5, 0.6) is 0 Å². The first-order valence-electron chi connectivity index (χ1n) is 4.70. The Balaban J connectivity index is 2.51. The molecule has 0 saturated carbocycles. The zero-order chi connectivity index (χ0) is 12.4. The summed E-state index contributed by atoms with van der Waals surface area (Å²) >= 11 is 2.11. The minimum absolute atomic E-state index is 0.0420. The second kappa shape index (κ2) is 4.80. The van der Waals surface area contributed by atoms with Crippen LogP contribution in [-0.2, 0) is 6.61 Å². The Hall–Kier alpha value is -1.48. The van der Waals surface area contributed by atoms with Gasteiger partial charge in [-0.1, -0.05) is 0 Å². The molecule has 0 bridgehead atoms. The van der Waals surface area contributed by atoms with Gasteiger partial charge in [0.25, 0.3) is 5.69 Å². The van der Waals surface area contributed by atoms with Gasteiger partial charge in [0.1, 0.15) is 0 Å². The van der Waals surface area contributed by atoms with Crippen LogP contribution in [0.3, 0.4) is 0 Å². The van der Waals surface area contributed by atoms with Gasteiger partial charge < -0.3 is 5.11 Å². The van der Waals surface area contributed by atoms with Crippen LogP contribution >= 0.6 is 22.6 Å². The van der Waals surface area contributed by atoms with Gasteiger partial charge >= 0.3 is 0 Å². The fourth-order valence-corrected chi connectivity index (χ4v) is 1.86. The highest BCUT2D eigenvalue weighted by molar-refractivity contribution is 14.1. The second-order valence-corrected chi connectivity index (χ2v) is 4.58. The van der Waals surface area contributed by atoms with Crippen molar-refractivity contribution in [1.29, 1.82) is 0 Å². The van der Waals surface area contributed by atoms with Crippen molar-refractivity contribution in [2.45, 2.75) is 6.61 Å². The monoisotopic (exact) mass is 345 g/mol. The quantitative estimate of drug-likeness (QED) is 0.523. The molecular formula is C10H8IN3O3. The Labute approximate surface area is 110 Å². The summed E-state index contributed by atoms with van der Waals surface area (Å²) in [5, 5.41) is 23.9. The molecule has 0 fully saturated rings. The third-order valence-electron chi connectivity index (χ3n) is 2.24. The Morgan fingerprint density at radius 2 is 2.29 bits per heavy atom. The number of rotatable bonds is 3. The highest BCUT2D eigenvalue weighted by atomic mass is 127. The van der Waals surface area contributed by atoms with E-state index >= 15 is 0 Å². The normalized spacial score (nSPS) is 10.5. The molecule has 0 unspecified atom stereocenters. The van der Waals surface area contributed by atoms with E-state index in [0.29, 0.717) is 11.3 Å². The van der Waals surface area contributed by atoms with Gasteiger partial charge in [-0.2, -0.15) is 5.10 Å². The summed E-state index contributed by atoms with van der Waals surface area (Å²) in [7, 11) is 0. The molecule has 0 atom stereocenters. The predicted molar refractivity (Wildman–Crippen MR) is 68.9 cm³/mol. The zero-order valence-corrected chi connectivity index (χ0v) is 10.7. The molecule has 6 nitrogen and oxygen atoms in total. The zero-order valence-electron chi connectivity index (χ0n) is 8.58. The molecule has 7 heteroatoms. The van der Waals surface area contributed by atoms with Crippen LogP contribution in [0, 0.1) is 13.7 Å². The highest BCUT2D eigenvalue weighted by Crippen LogP contribution is 2.21. The summed E-state index contributed by atoms with van der Waals surface area (Å²) in [5.41, 5.74) is 1.07. The van der Waals surface area contributed by atoms with E-state index in [1.807, 2.05) is 0 Å². The van der Waals surface area contributed by atoms with Gasteiger partial charge in [0.05, 0.1) is 27.0 Å². The number of halogens is 1. The maximum atomic E-state index is 10.6. The average Bonchev–Trinajstić information content (AvgIpc) is 2.74. The number of benzene rings is 1. The SMILES string of the molecule is O=[N+]([O-])c1ccc(-n2cc(I)cn2)c(CO)c1. The molecule has 88 valence electrons. The predicted octanol–water partition coefficient (Wildman–Crippen LogP) is 1.88. The molecule has 0 spiro atoms. The number of nitro groups is 1. The molecule has 2 rings (SSSR count). The molecule has 1 N–H and O–H groups in total. The van der Waals surface area contributed by atoms with E-state index in [9.17, 15) is 15.2 Å². The third kappa shape index (κ3) is 2.44. The molecule has 1 aromatic carbocycles. The molecule has 1 heterocycles. The summed E-state index contributed by atoms with van der Waals surface area (Å²) < 4.78 is 2.53. The van der Waals surface area contributed by atoms with Crippen molar-refractivity contribution in [2.75, 3.05) is 0 Å². The number of aliphatic hydroxyl groups is 1. The number of nitro benzene ring substituents is 1. The Morgan fingerprint density at radius 3 is 2.82 bits per heavy atom. The summed E-state index contributed by atoms with van der Waals surface area (Å²) in [5.74, 6) is 0. The van der Waals surface area contributed by atoms with Gasteiger partial charge in [0.2, 0.25) is 0 Å². The molecule has 2 aromatic rings. The molecule has 0 aliphatic carbocycles. The van der Waals surface area contributed by atoms with E-state index in [1.54, 1.807) is 23.1 Å². The van der Waals surface area contributed by atoms with E-state index in [4.69, 9.17) is 0 Å². The van der Waals surface area contributed by atoms with Crippen molar-refractivity contribution < 1.29 is 10.0 Å². The average molecular weight is 345 g/mol. The Bertz CT molecular complexity index is 568. The minimum Gasteiger partial charge on any atom is -0.392 e. The number of nitrogens with zero attached hydrogens (tertiary/aromatic N) is 3. The van der Waals surface area contributed by atoms with Crippen LogP contribution < -0.4 is 0 Å². The van der Waals surface area contributed by atoms with Crippen molar-refractivity contribution in [3.05, 3.63) is 49.8 Å². The smallest absolute Gasteiger partial charge is 0.269 e. The van der Waals surface area contributed by atoms with Gasteiger partial charge in [-0.25, -0.2) is 4.68 Å². The van der Waals surface area contributed by atoms with E-state index in [0.717, 1.165) is 3.57 Å². The Kier molecular flexibility index (Phi) is 3.38. The summed E-state index contributed by atoms with van der Waals surface area (Å²) in [6.07, 6.45) is 3.45. The lowest BCUT2D eigenvalue weighted by Crippen LogP contribution is -2.01. The molecular weight excluding hydrogens is 337 g/mol. The van der Waals surface area contributed by atoms with Gasteiger partial charge in [0.15, 0.2) is 0 Å². The maximum absolute atomic E-state index is 10.6. The standard InChI is InChI=1S/C10H8IN3O3/c11-8-4-12-13(5-8)10-2-1-9(14(16)17)3-7(10)6-15/h1-5,15H,6H2. The van der Waals surface area contributed by atoms with E-state index in [1.165, 1.54) is 12.1 Å². The number of aliphatic hydroxyl groups excluding tert-OH is 1. The first-order valence-corrected chi connectivity index (χ1v) is 5.78. The molecule has 0 saturated heterocycles. The number of hydrogen-bond donors (Lipinski definition) is 1. The largest absolute Gasteiger partial charge is 0.392 e. The number of hydrogen-bond acceptors (Lipinski definition) is 4. The summed E-state index contributed by atoms with van der Waals surface area (Å²) in [6.45, 7) is -0.270. The van der Waals surface area contributed by atoms with Crippen LogP contribution in [0.4, 0.5) is 5.69 Å². The van der Waals surface area contributed by atoms with Crippen LogP contribution in [0.1, 0.15) is 5.56 Å². The van der Waals surface area contributed by atoms with E-state index < -0.39 is 4.92 Å². The molecule has 0 radical (unpaired) electrons. The second-order valence-electron chi connectivity index (χ2n) is 3.33. The molecule has 17 heavy (non-hydrogen) atoms. The van der Waals surface area contributed by atoms with Gasteiger partial charge in [-0.05, 0) is 28.7 Å². The van der Waals surface area contributed by atoms with Gasteiger partial charge in [-0.15, -0.1) is 0 Å². The van der Waals surface area contributed by atoms with Gasteiger partial charge in [-0.3, -0.25) is 10.1 Å². The minimum atomic E-state index is -0.490. The summed E-state index contributed by atoms with van der Waals surface area (Å²) in [4.78, 5) is 10.1. The van der Waals surface area contributed by atoms with Crippen molar-refractivity contribution in [3.63, 3.8) is 0 Å². The lowest BCUT2D eigenvalue weighted by molar-refractivity contribution is -0.384. The lowest BCUT2D eigenvalue weighted by Gasteiger charge is -2.06. The number of non-ortho nitro benzene ring substituents is 1. The van der Waals surface area contributed by atoms with E-state index in [2.05, 4.69) is 27.7 Å². The Morgan fingerprint density at radius 1 is 1.53 bits per heavy atom. The first-order chi connectivity index (χ1) is 8.11. The summed E-state index contributed by atoms with van der Waals surface area (Å²) in [6, 6.07) is 4.32. The maximum Gasteiger partial charge on any atom is 0.269 e. The van der Waals surface area contributed by atoms with Crippen LogP contribution in [0.25, 0.3) is 5.69 Å². The van der Waals surface area contributed by atoms with Crippen molar-refractivity contribution in [1.82, 2.24) is 9.78 Å². The topological polar surface area (TPSA) is 81.2 Å². The molecule has 0 aliphatic rings. The van der Waals surface area contributed by atoms with E-state index in [-0.39, 0.29) is 12.3 Å². The fourth-order valence-electron chi connectivity index (χ4n) is 1.47.